The van der Waals surface area contributed by atoms with Crippen LogP contribution in [0.5, 0.6) is 0 Å². The normalized spacial score (nSPS) is 51.0. The molecular formula is C36H62NO3+. The molecule has 7 aliphatic rings. The lowest BCUT2D eigenvalue weighted by Gasteiger charge is -2.73. The minimum absolute atomic E-state index is 0.0204. The minimum Gasteiger partial charge on any atom is -0.458 e. The van der Waals surface area contributed by atoms with Crippen molar-refractivity contribution in [3.8, 4) is 0 Å². The van der Waals surface area contributed by atoms with Gasteiger partial charge in [0.05, 0.1) is 33.9 Å². The zero-order valence-corrected chi connectivity index (χ0v) is 27.8. The van der Waals surface area contributed by atoms with Gasteiger partial charge in [-0.3, -0.25) is 0 Å². The van der Waals surface area contributed by atoms with Crippen LogP contribution in [-0.2, 0) is 14.3 Å². The largest absolute Gasteiger partial charge is 0.458 e. The van der Waals surface area contributed by atoms with E-state index in [0.717, 1.165) is 30.8 Å². The monoisotopic (exact) mass is 556 g/mol. The van der Waals surface area contributed by atoms with E-state index < -0.39 is 0 Å². The summed E-state index contributed by atoms with van der Waals surface area (Å²) in [5.74, 6) is 3.06. The maximum atomic E-state index is 12.9. The van der Waals surface area contributed by atoms with Crippen molar-refractivity contribution in [2.75, 3.05) is 34.3 Å². The Labute approximate surface area is 246 Å². The Morgan fingerprint density at radius 3 is 2.17 bits per heavy atom. The van der Waals surface area contributed by atoms with Crippen molar-refractivity contribution in [2.45, 2.75) is 131 Å². The fourth-order valence-electron chi connectivity index (χ4n) is 12.8. The number of carbonyl (C=O) groups excluding carboxylic acids is 1. The Kier molecular flexibility index (Phi) is 6.60. The lowest BCUT2D eigenvalue weighted by atomic mass is 9.32. The highest BCUT2D eigenvalue weighted by Crippen LogP contribution is 2.77. The first-order valence-electron chi connectivity index (χ1n) is 17.0. The predicted octanol–water partition coefficient (Wildman–Crippen LogP) is 7.88. The van der Waals surface area contributed by atoms with Gasteiger partial charge in [-0.1, -0.05) is 48.5 Å². The van der Waals surface area contributed by atoms with Crippen molar-refractivity contribution in [3.63, 3.8) is 0 Å². The van der Waals surface area contributed by atoms with E-state index >= 15 is 0 Å². The molecule has 1 spiro atoms. The predicted molar refractivity (Wildman–Crippen MR) is 162 cm³/mol. The summed E-state index contributed by atoms with van der Waals surface area (Å²) in [5, 5.41) is 0. The maximum absolute atomic E-state index is 12.9. The lowest BCUT2D eigenvalue weighted by Crippen LogP contribution is -2.67. The van der Waals surface area contributed by atoms with Crippen molar-refractivity contribution >= 4 is 5.97 Å². The van der Waals surface area contributed by atoms with Crippen molar-refractivity contribution in [2.24, 2.45) is 56.2 Å². The van der Waals surface area contributed by atoms with Crippen LogP contribution in [-0.4, -0.2) is 57.0 Å². The summed E-state index contributed by atoms with van der Waals surface area (Å²) in [4.78, 5) is 12.9. The Balaban J connectivity index is 1.27. The molecule has 10 atom stereocenters. The molecule has 7 rings (SSSR count). The Morgan fingerprint density at radius 2 is 1.48 bits per heavy atom. The third-order valence-electron chi connectivity index (χ3n) is 15.3. The van der Waals surface area contributed by atoms with Crippen LogP contribution < -0.4 is 0 Å². The quantitative estimate of drug-likeness (QED) is 0.262. The number of likely N-dealkylation sites (N-methyl/N-ethyl adjacent to an activating group) is 1. The fraction of sp³-hybridized carbons (Fsp3) is 0.972. The van der Waals surface area contributed by atoms with E-state index in [0.29, 0.717) is 50.1 Å². The molecule has 0 N–H and O–H groups in total. The lowest BCUT2D eigenvalue weighted by molar-refractivity contribution is -0.862. The average Bonchev–Trinajstić information content (AvgIpc) is 3.03. The summed E-state index contributed by atoms with van der Waals surface area (Å²) < 4.78 is 13.6. The number of hydrogen-bond acceptors (Lipinski definition) is 3. The van der Waals surface area contributed by atoms with Gasteiger partial charge in [0, 0.05) is 5.41 Å². The van der Waals surface area contributed by atoms with Gasteiger partial charge in [0.15, 0.2) is 6.54 Å². The number of ether oxygens (including phenoxy) is 2. The van der Waals surface area contributed by atoms with Gasteiger partial charge in [0.25, 0.3) is 0 Å². The summed E-state index contributed by atoms with van der Waals surface area (Å²) in [6, 6.07) is 0. The van der Waals surface area contributed by atoms with E-state index in [2.05, 4.69) is 69.6 Å². The van der Waals surface area contributed by atoms with E-state index in [1.807, 2.05) is 0 Å². The molecule has 5 saturated carbocycles. The number of nitrogens with zero attached hydrogens (tertiary/aromatic N) is 1. The summed E-state index contributed by atoms with van der Waals surface area (Å²) in [6.07, 6.45) is 15.0. The SMILES string of the molecule is CC1(C)C(OC(=O)C[N+](C)(C)C)CC[C@@]2(C)C1CC[C@]1(C)C2CCC2C3C[C@@H]4OC[C@@]3(CCC4(C)C)CC[C@]21C. The van der Waals surface area contributed by atoms with E-state index in [1.165, 1.54) is 64.2 Å². The van der Waals surface area contributed by atoms with Crippen LogP contribution in [0.2, 0.25) is 0 Å². The van der Waals surface area contributed by atoms with Crippen molar-refractivity contribution in [1.29, 1.82) is 0 Å². The Hall–Kier alpha value is -0.610. The molecule has 40 heavy (non-hydrogen) atoms. The molecule has 0 aromatic carbocycles. The fourth-order valence-corrected chi connectivity index (χ4v) is 12.8. The van der Waals surface area contributed by atoms with Gasteiger partial charge in [-0.05, 0) is 121 Å². The smallest absolute Gasteiger partial charge is 0.362 e. The van der Waals surface area contributed by atoms with Crippen molar-refractivity contribution in [1.82, 2.24) is 0 Å². The van der Waals surface area contributed by atoms with Gasteiger partial charge in [-0.25, -0.2) is 4.79 Å². The number of carbonyl (C=O) groups is 1. The minimum atomic E-state index is -0.0242. The van der Waals surface area contributed by atoms with Crippen LogP contribution in [0.3, 0.4) is 0 Å². The topological polar surface area (TPSA) is 35.5 Å². The number of hydrogen-bond donors (Lipinski definition) is 0. The average molecular weight is 557 g/mol. The third-order valence-corrected chi connectivity index (χ3v) is 15.3. The second kappa shape index (κ2) is 8.96. The highest BCUT2D eigenvalue weighted by atomic mass is 16.5. The molecule has 5 unspecified atom stereocenters. The molecule has 2 bridgehead atoms. The Morgan fingerprint density at radius 1 is 0.775 bits per heavy atom. The molecule has 0 amide bonds. The van der Waals surface area contributed by atoms with Gasteiger partial charge in [0.1, 0.15) is 6.10 Å². The first kappa shape index (κ1) is 29.5. The summed E-state index contributed by atoms with van der Waals surface area (Å²) in [6.45, 7) is 19.5. The van der Waals surface area contributed by atoms with Crippen LogP contribution >= 0.6 is 0 Å². The molecule has 228 valence electrons. The molecule has 2 aliphatic heterocycles. The van der Waals surface area contributed by atoms with E-state index in [1.54, 1.807) is 0 Å². The van der Waals surface area contributed by atoms with Crippen LogP contribution in [0.1, 0.15) is 119 Å². The highest BCUT2D eigenvalue weighted by Gasteiger charge is 2.70. The van der Waals surface area contributed by atoms with Crippen LogP contribution in [0, 0.1) is 56.2 Å². The Bertz CT molecular complexity index is 1030. The van der Waals surface area contributed by atoms with Crippen molar-refractivity contribution < 1.29 is 18.8 Å². The third kappa shape index (κ3) is 4.06. The van der Waals surface area contributed by atoms with Gasteiger partial charge in [-0.2, -0.15) is 0 Å². The number of rotatable bonds is 3. The second-order valence-electron chi connectivity index (χ2n) is 18.9. The van der Waals surface area contributed by atoms with Gasteiger partial charge in [0.2, 0.25) is 0 Å². The van der Waals surface area contributed by atoms with Crippen LogP contribution in [0.4, 0.5) is 0 Å². The molecule has 5 aliphatic carbocycles. The number of fused-ring (bicyclic) bond motifs is 8. The van der Waals surface area contributed by atoms with E-state index in [4.69, 9.17) is 9.47 Å². The summed E-state index contributed by atoms with van der Waals surface area (Å²) in [7, 11) is 6.22. The zero-order chi connectivity index (χ0) is 29.1. The number of esters is 1. The zero-order valence-electron chi connectivity index (χ0n) is 27.8. The summed E-state index contributed by atoms with van der Waals surface area (Å²) >= 11 is 0. The van der Waals surface area contributed by atoms with E-state index in [9.17, 15) is 4.79 Å². The molecule has 2 saturated heterocycles. The first-order valence-corrected chi connectivity index (χ1v) is 17.0. The molecule has 0 aromatic rings. The second-order valence-corrected chi connectivity index (χ2v) is 18.9. The highest BCUT2D eigenvalue weighted by molar-refractivity contribution is 5.70. The molecule has 4 nitrogen and oxygen atoms in total. The maximum Gasteiger partial charge on any atom is 0.362 e. The standard InChI is InChI=1S/C36H62NO3/c1-31(2)17-19-36-20-18-34(6)24(25(36)21-29(31)39-23-36)11-12-27-33(5)15-14-28(40-30(38)22-37(8,9)10)32(3,4)26(33)13-16-35(27,34)7/h24-29H,11-23H2,1-10H3/q+1/t24?,25?,26?,27?,28?,29-,33-,34+,35+,36+/m0/s1. The first-order chi connectivity index (χ1) is 18.4. The van der Waals surface area contributed by atoms with Crippen LogP contribution in [0.25, 0.3) is 0 Å². The van der Waals surface area contributed by atoms with Gasteiger partial charge in [-0.15, -0.1) is 0 Å². The van der Waals surface area contributed by atoms with Gasteiger partial charge < -0.3 is 14.0 Å². The molecule has 0 radical (unpaired) electrons. The van der Waals surface area contributed by atoms with E-state index in [-0.39, 0.29) is 17.5 Å². The molecule has 4 heteroatoms. The molecule has 7 fully saturated rings. The van der Waals surface area contributed by atoms with Gasteiger partial charge >= 0.3 is 5.97 Å². The molecule has 0 aromatic heterocycles. The number of quaternary nitrogens is 1. The molecule has 2 heterocycles. The summed E-state index contributed by atoms with van der Waals surface area (Å²) in [5.41, 5.74) is 1.93. The van der Waals surface area contributed by atoms with Crippen LogP contribution in [0.15, 0.2) is 0 Å². The van der Waals surface area contributed by atoms with Crippen molar-refractivity contribution in [3.05, 3.63) is 0 Å². The molecular weight excluding hydrogens is 494 g/mol.